The summed E-state index contributed by atoms with van der Waals surface area (Å²) in [6, 6.07) is 10.9. The summed E-state index contributed by atoms with van der Waals surface area (Å²) >= 11 is 3.40. The minimum absolute atomic E-state index is 0.0183. The number of hydrogen-bond donors (Lipinski definition) is 1. The lowest BCUT2D eigenvalue weighted by Gasteiger charge is -2.22. The Morgan fingerprint density at radius 1 is 1.14 bits per heavy atom. The van der Waals surface area contributed by atoms with Crippen molar-refractivity contribution in [2.45, 2.75) is 13.3 Å². The number of aromatic nitrogens is 1. The number of pyridine rings is 1. The number of nitrogens with zero attached hydrogens (tertiary/aromatic N) is 3. The van der Waals surface area contributed by atoms with Crippen LogP contribution in [0.4, 0.5) is 0 Å². The number of halogens is 1. The maximum absolute atomic E-state index is 13.1. The van der Waals surface area contributed by atoms with Crippen LogP contribution in [0, 0.1) is 0 Å². The molecule has 1 aromatic heterocycles. The molecule has 1 aromatic carbocycles. The Kier molecular flexibility index (Phi) is 7.60. The van der Waals surface area contributed by atoms with Gasteiger partial charge < -0.3 is 15.0 Å². The SMILES string of the molecule is CCNC(=O)CN1CCCN(C(=O)c2cccnc2Oc2ccc(Br)cc2)CC1. The van der Waals surface area contributed by atoms with Gasteiger partial charge in [0.05, 0.1) is 6.54 Å². The summed E-state index contributed by atoms with van der Waals surface area (Å²) in [5.74, 6) is 0.822. The van der Waals surface area contributed by atoms with Crippen molar-refractivity contribution in [3.05, 3.63) is 52.6 Å². The van der Waals surface area contributed by atoms with Crippen molar-refractivity contribution < 1.29 is 14.3 Å². The van der Waals surface area contributed by atoms with E-state index in [0.29, 0.717) is 49.9 Å². The van der Waals surface area contributed by atoms with Crippen molar-refractivity contribution in [2.75, 3.05) is 39.3 Å². The zero-order valence-electron chi connectivity index (χ0n) is 16.4. The number of likely N-dealkylation sites (N-methyl/N-ethyl adjacent to an activating group) is 1. The molecular formula is C21H25BrN4O3. The summed E-state index contributed by atoms with van der Waals surface area (Å²) in [6.45, 7) is 5.53. The number of carbonyl (C=O) groups is 2. The van der Waals surface area contributed by atoms with E-state index in [4.69, 9.17) is 4.74 Å². The first kappa shape index (κ1) is 21.3. The standard InChI is InChI=1S/C21H25BrN4O3/c1-2-23-19(27)15-25-11-4-12-26(14-13-25)21(28)18-5-3-10-24-20(18)29-17-8-6-16(22)7-9-17/h3,5-10H,2,4,11-15H2,1H3,(H,23,27). The van der Waals surface area contributed by atoms with Gasteiger partial charge in [-0.25, -0.2) is 4.98 Å². The fourth-order valence-electron chi connectivity index (χ4n) is 3.21. The van der Waals surface area contributed by atoms with Gasteiger partial charge >= 0.3 is 0 Å². The van der Waals surface area contributed by atoms with Crippen LogP contribution in [0.3, 0.4) is 0 Å². The van der Waals surface area contributed by atoms with Crippen molar-refractivity contribution in [1.82, 2.24) is 20.1 Å². The monoisotopic (exact) mass is 460 g/mol. The van der Waals surface area contributed by atoms with E-state index >= 15 is 0 Å². The van der Waals surface area contributed by atoms with E-state index in [1.54, 1.807) is 18.3 Å². The molecule has 2 amide bonds. The largest absolute Gasteiger partial charge is 0.438 e. The topological polar surface area (TPSA) is 74.8 Å². The summed E-state index contributed by atoms with van der Waals surface area (Å²) in [5, 5.41) is 2.82. The Bertz CT molecular complexity index is 844. The van der Waals surface area contributed by atoms with Crippen LogP contribution in [0.5, 0.6) is 11.6 Å². The number of rotatable bonds is 6. The molecule has 0 bridgehead atoms. The summed E-state index contributed by atoms with van der Waals surface area (Å²) in [7, 11) is 0. The lowest BCUT2D eigenvalue weighted by atomic mass is 10.2. The van der Waals surface area contributed by atoms with Gasteiger partial charge in [0.2, 0.25) is 11.8 Å². The normalized spacial score (nSPS) is 14.9. The van der Waals surface area contributed by atoms with Crippen LogP contribution < -0.4 is 10.1 Å². The van der Waals surface area contributed by atoms with Gasteiger partial charge in [0, 0.05) is 43.4 Å². The highest BCUT2D eigenvalue weighted by molar-refractivity contribution is 9.10. The van der Waals surface area contributed by atoms with Gasteiger partial charge in [-0.15, -0.1) is 0 Å². The first-order valence-corrected chi connectivity index (χ1v) is 10.5. The number of benzene rings is 1. The van der Waals surface area contributed by atoms with E-state index in [1.165, 1.54) is 0 Å². The molecule has 0 spiro atoms. The van der Waals surface area contributed by atoms with E-state index in [9.17, 15) is 9.59 Å². The van der Waals surface area contributed by atoms with Crippen molar-refractivity contribution in [3.63, 3.8) is 0 Å². The highest BCUT2D eigenvalue weighted by Gasteiger charge is 2.24. The van der Waals surface area contributed by atoms with E-state index < -0.39 is 0 Å². The van der Waals surface area contributed by atoms with Gasteiger partial charge in [0.25, 0.3) is 5.91 Å². The Balaban J connectivity index is 1.67. The predicted molar refractivity (Wildman–Crippen MR) is 114 cm³/mol. The average Bonchev–Trinajstić information content (AvgIpc) is 2.95. The Morgan fingerprint density at radius 2 is 1.93 bits per heavy atom. The molecule has 1 fully saturated rings. The molecule has 2 aromatic rings. The smallest absolute Gasteiger partial charge is 0.259 e. The number of carbonyl (C=O) groups excluding carboxylic acids is 2. The molecule has 1 saturated heterocycles. The van der Waals surface area contributed by atoms with Crippen molar-refractivity contribution in [2.24, 2.45) is 0 Å². The molecule has 154 valence electrons. The second-order valence-electron chi connectivity index (χ2n) is 6.79. The molecule has 1 aliphatic rings. The molecule has 29 heavy (non-hydrogen) atoms. The third kappa shape index (κ3) is 6.01. The van der Waals surface area contributed by atoms with Gasteiger partial charge in [-0.1, -0.05) is 15.9 Å². The van der Waals surface area contributed by atoms with Crippen LogP contribution in [0.15, 0.2) is 47.1 Å². The number of nitrogens with one attached hydrogen (secondary N) is 1. The van der Waals surface area contributed by atoms with Gasteiger partial charge in [0.1, 0.15) is 11.3 Å². The number of hydrogen-bond acceptors (Lipinski definition) is 5. The maximum Gasteiger partial charge on any atom is 0.259 e. The van der Waals surface area contributed by atoms with Crippen molar-refractivity contribution >= 4 is 27.7 Å². The number of ether oxygens (including phenoxy) is 1. The second kappa shape index (κ2) is 10.4. The third-order valence-electron chi connectivity index (χ3n) is 4.65. The van der Waals surface area contributed by atoms with E-state index in [1.807, 2.05) is 36.1 Å². The summed E-state index contributed by atoms with van der Waals surface area (Å²) in [6.07, 6.45) is 2.43. The van der Waals surface area contributed by atoms with E-state index in [2.05, 4.69) is 31.1 Å². The van der Waals surface area contributed by atoms with Gasteiger partial charge in [-0.2, -0.15) is 0 Å². The lowest BCUT2D eigenvalue weighted by Crippen LogP contribution is -2.40. The van der Waals surface area contributed by atoms with Gasteiger partial charge in [0.15, 0.2) is 0 Å². The third-order valence-corrected chi connectivity index (χ3v) is 5.18. The first-order chi connectivity index (χ1) is 14.1. The molecule has 7 nitrogen and oxygen atoms in total. The van der Waals surface area contributed by atoms with Crippen molar-refractivity contribution in [3.8, 4) is 11.6 Å². The number of amides is 2. The molecule has 0 unspecified atom stereocenters. The summed E-state index contributed by atoms with van der Waals surface area (Å²) < 4.78 is 6.81. The average molecular weight is 461 g/mol. The molecule has 2 heterocycles. The van der Waals surface area contributed by atoms with Gasteiger partial charge in [-0.3, -0.25) is 14.5 Å². The lowest BCUT2D eigenvalue weighted by molar-refractivity contribution is -0.122. The molecule has 0 atom stereocenters. The van der Waals surface area contributed by atoms with Crippen molar-refractivity contribution in [1.29, 1.82) is 0 Å². The molecule has 0 aliphatic carbocycles. The minimum atomic E-state index is -0.106. The molecule has 3 rings (SSSR count). The Morgan fingerprint density at radius 3 is 2.69 bits per heavy atom. The molecule has 0 saturated carbocycles. The van der Waals surface area contributed by atoms with Crippen LogP contribution in [0.2, 0.25) is 0 Å². The predicted octanol–water partition coefficient (Wildman–Crippen LogP) is 2.92. The second-order valence-corrected chi connectivity index (χ2v) is 7.70. The summed E-state index contributed by atoms with van der Waals surface area (Å²) in [4.78, 5) is 33.1. The fraction of sp³-hybridized carbons (Fsp3) is 0.381. The van der Waals surface area contributed by atoms with Crippen LogP contribution in [-0.4, -0.2) is 65.9 Å². The van der Waals surface area contributed by atoms with E-state index in [0.717, 1.165) is 17.4 Å². The molecule has 8 heteroatoms. The van der Waals surface area contributed by atoms with Crippen LogP contribution in [-0.2, 0) is 4.79 Å². The quantitative estimate of drug-likeness (QED) is 0.716. The summed E-state index contributed by atoms with van der Waals surface area (Å²) in [5.41, 5.74) is 0.438. The van der Waals surface area contributed by atoms with Crippen LogP contribution in [0.1, 0.15) is 23.7 Å². The maximum atomic E-state index is 13.1. The molecule has 1 N–H and O–H groups in total. The van der Waals surface area contributed by atoms with Crippen LogP contribution in [0.25, 0.3) is 0 Å². The molecular weight excluding hydrogens is 436 g/mol. The van der Waals surface area contributed by atoms with Crippen LogP contribution >= 0.6 is 15.9 Å². The highest BCUT2D eigenvalue weighted by Crippen LogP contribution is 2.25. The minimum Gasteiger partial charge on any atom is -0.438 e. The van der Waals surface area contributed by atoms with Gasteiger partial charge in [-0.05, 0) is 49.7 Å². The zero-order chi connectivity index (χ0) is 20.6. The van der Waals surface area contributed by atoms with E-state index in [-0.39, 0.29) is 11.8 Å². The molecule has 1 aliphatic heterocycles. The first-order valence-electron chi connectivity index (χ1n) is 9.73. The Hall–Kier alpha value is -2.45. The molecule has 0 radical (unpaired) electrons. The zero-order valence-corrected chi connectivity index (χ0v) is 18.0. The Labute approximate surface area is 179 Å². The fourth-order valence-corrected chi connectivity index (χ4v) is 3.47. The highest BCUT2D eigenvalue weighted by atomic mass is 79.9.